The van der Waals surface area contributed by atoms with Gasteiger partial charge in [-0.2, -0.15) is 0 Å². The Kier molecular flexibility index (Phi) is 8.88. The zero-order valence-corrected chi connectivity index (χ0v) is 17.6. The van der Waals surface area contributed by atoms with Gasteiger partial charge in [0.1, 0.15) is 5.75 Å². The van der Waals surface area contributed by atoms with Crippen molar-refractivity contribution >= 4 is 29.3 Å². The zero-order chi connectivity index (χ0) is 20.4. The average molecular weight is 401 g/mol. The number of ether oxygens (including phenoxy) is 1. The highest BCUT2D eigenvalue weighted by Crippen LogP contribution is 2.23. The van der Waals surface area contributed by atoms with Gasteiger partial charge >= 0.3 is 0 Å². The summed E-state index contributed by atoms with van der Waals surface area (Å²) in [6.07, 6.45) is 0. The van der Waals surface area contributed by atoms with E-state index in [0.717, 1.165) is 11.3 Å². The molecule has 2 amide bonds. The smallest absolute Gasteiger partial charge is 0.253 e. The van der Waals surface area contributed by atoms with Crippen LogP contribution in [-0.2, 0) is 10.5 Å². The minimum absolute atomic E-state index is 0.00592. The highest BCUT2D eigenvalue weighted by Gasteiger charge is 2.12. The number of amides is 2. The van der Waals surface area contributed by atoms with Crippen molar-refractivity contribution in [3.8, 4) is 5.75 Å². The van der Waals surface area contributed by atoms with E-state index < -0.39 is 0 Å². The van der Waals surface area contributed by atoms with Crippen LogP contribution in [0.3, 0.4) is 0 Å². The fourth-order valence-corrected chi connectivity index (χ4v) is 3.58. The summed E-state index contributed by atoms with van der Waals surface area (Å²) < 4.78 is 5.61. The van der Waals surface area contributed by atoms with Crippen LogP contribution in [0.4, 0.5) is 5.69 Å². The van der Waals surface area contributed by atoms with Crippen molar-refractivity contribution in [1.29, 1.82) is 0 Å². The monoisotopic (exact) mass is 400 g/mol. The summed E-state index contributed by atoms with van der Waals surface area (Å²) in [6, 6.07) is 14.9. The molecule has 2 rings (SSSR count). The molecular formula is C22H28N2O3S. The topological polar surface area (TPSA) is 58.6 Å². The lowest BCUT2D eigenvalue weighted by Crippen LogP contribution is -2.30. The van der Waals surface area contributed by atoms with Gasteiger partial charge in [0.25, 0.3) is 5.91 Å². The summed E-state index contributed by atoms with van der Waals surface area (Å²) in [5, 5.41) is 2.88. The molecule has 0 saturated carbocycles. The molecule has 1 N–H and O–H groups in total. The lowest BCUT2D eigenvalue weighted by Gasteiger charge is -2.18. The van der Waals surface area contributed by atoms with Crippen molar-refractivity contribution < 1.29 is 14.3 Å². The first-order valence-corrected chi connectivity index (χ1v) is 10.7. The molecule has 0 fully saturated rings. The molecule has 5 nitrogen and oxygen atoms in total. The molecule has 0 aliphatic heterocycles. The fourth-order valence-electron chi connectivity index (χ4n) is 2.76. The van der Waals surface area contributed by atoms with Crippen molar-refractivity contribution in [2.24, 2.45) is 0 Å². The molecule has 0 radical (unpaired) electrons. The summed E-state index contributed by atoms with van der Waals surface area (Å²) in [4.78, 5) is 26.3. The number of nitrogens with one attached hydrogen (secondary N) is 1. The number of anilines is 1. The summed E-state index contributed by atoms with van der Waals surface area (Å²) in [7, 11) is 0. The molecule has 0 unspecified atom stereocenters. The van der Waals surface area contributed by atoms with E-state index in [4.69, 9.17) is 4.74 Å². The Balaban J connectivity index is 1.84. The molecule has 0 aromatic heterocycles. The van der Waals surface area contributed by atoms with Gasteiger partial charge in [-0.05, 0) is 51.1 Å². The van der Waals surface area contributed by atoms with Crippen molar-refractivity contribution in [2.45, 2.75) is 26.5 Å². The molecule has 150 valence electrons. The molecule has 0 heterocycles. The molecule has 6 heteroatoms. The van der Waals surface area contributed by atoms with Gasteiger partial charge in [-0.25, -0.2) is 0 Å². The molecular weight excluding hydrogens is 372 g/mol. The summed E-state index contributed by atoms with van der Waals surface area (Å²) in [5.74, 6) is 1.86. The average Bonchev–Trinajstić information content (AvgIpc) is 2.71. The second kappa shape index (κ2) is 11.4. The van der Waals surface area contributed by atoms with E-state index in [2.05, 4.69) is 5.32 Å². The Labute approximate surface area is 171 Å². The number of benzene rings is 2. The van der Waals surface area contributed by atoms with E-state index in [9.17, 15) is 9.59 Å². The molecule has 0 aliphatic rings. The van der Waals surface area contributed by atoms with E-state index in [0.29, 0.717) is 42.5 Å². The Morgan fingerprint density at radius 3 is 2.32 bits per heavy atom. The lowest BCUT2D eigenvalue weighted by atomic mass is 10.2. The maximum absolute atomic E-state index is 12.3. The summed E-state index contributed by atoms with van der Waals surface area (Å²) in [6.45, 7) is 7.85. The summed E-state index contributed by atoms with van der Waals surface area (Å²) >= 11 is 1.54. The SMILES string of the molecule is CCOc1ccccc1CSCC(=O)Nc1ccc(C(=O)N(CC)CC)cc1. The second-order valence-electron chi connectivity index (χ2n) is 6.14. The third kappa shape index (κ3) is 6.30. The van der Waals surface area contributed by atoms with Crippen LogP contribution in [0.5, 0.6) is 5.75 Å². The second-order valence-corrected chi connectivity index (χ2v) is 7.12. The van der Waals surface area contributed by atoms with Crippen molar-refractivity contribution in [2.75, 3.05) is 30.8 Å². The molecule has 0 saturated heterocycles. The zero-order valence-electron chi connectivity index (χ0n) is 16.7. The van der Waals surface area contributed by atoms with Crippen LogP contribution in [0.15, 0.2) is 48.5 Å². The molecule has 2 aromatic rings. The van der Waals surface area contributed by atoms with Gasteiger partial charge in [-0.3, -0.25) is 9.59 Å². The van der Waals surface area contributed by atoms with Gasteiger partial charge in [0.15, 0.2) is 0 Å². The fraction of sp³-hybridized carbons (Fsp3) is 0.364. The Hall–Kier alpha value is -2.47. The number of carbonyl (C=O) groups excluding carboxylic acids is 2. The maximum Gasteiger partial charge on any atom is 0.253 e. The van der Waals surface area contributed by atoms with E-state index in [1.165, 1.54) is 11.8 Å². The number of nitrogens with zero attached hydrogens (tertiary/aromatic N) is 1. The predicted octanol–water partition coefficient (Wildman–Crippen LogP) is 4.44. The Bertz CT molecular complexity index is 774. The first-order valence-electron chi connectivity index (χ1n) is 9.56. The first kappa shape index (κ1) is 21.8. The molecule has 0 atom stereocenters. The number of carbonyl (C=O) groups is 2. The number of hydrogen-bond acceptors (Lipinski definition) is 4. The molecule has 2 aromatic carbocycles. The van der Waals surface area contributed by atoms with Crippen LogP contribution < -0.4 is 10.1 Å². The van der Waals surface area contributed by atoms with Gasteiger partial charge in [-0.1, -0.05) is 18.2 Å². The number of thioether (sulfide) groups is 1. The van der Waals surface area contributed by atoms with Gasteiger partial charge in [0.2, 0.25) is 5.91 Å². The third-order valence-electron chi connectivity index (χ3n) is 4.23. The van der Waals surface area contributed by atoms with Gasteiger partial charge in [0.05, 0.1) is 12.4 Å². The quantitative estimate of drug-likeness (QED) is 0.641. The maximum atomic E-state index is 12.3. The largest absolute Gasteiger partial charge is 0.494 e. The van der Waals surface area contributed by atoms with Crippen molar-refractivity contribution in [1.82, 2.24) is 4.90 Å². The van der Waals surface area contributed by atoms with Crippen molar-refractivity contribution in [3.05, 3.63) is 59.7 Å². The van der Waals surface area contributed by atoms with Crippen LogP contribution >= 0.6 is 11.8 Å². The normalized spacial score (nSPS) is 10.4. The van der Waals surface area contributed by atoms with E-state index in [-0.39, 0.29) is 11.8 Å². The van der Waals surface area contributed by atoms with Crippen LogP contribution in [0.25, 0.3) is 0 Å². The molecule has 28 heavy (non-hydrogen) atoms. The number of para-hydroxylation sites is 1. The minimum Gasteiger partial charge on any atom is -0.494 e. The predicted molar refractivity (Wildman–Crippen MR) is 116 cm³/mol. The van der Waals surface area contributed by atoms with Crippen LogP contribution in [0.2, 0.25) is 0 Å². The highest BCUT2D eigenvalue weighted by molar-refractivity contribution is 7.99. The van der Waals surface area contributed by atoms with E-state index in [1.807, 2.05) is 45.0 Å². The van der Waals surface area contributed by atoms with Crippen LogP contribution in [-0.4, -0.2) is 42.2 Å². The van der Waals surface area contributed by atoms with Crippen molar-refractivity contribution in [3.63, 3.8) is 0 Å². The lowest BCUT2D eigenvalue weighted by molar-refractivity contribution is -0.113. The number of hydrogen-bond donors (Lipinski definition) is 1. The minimum atomic E-state index is -0.0679. The number of rotatable bonds is 10. The Morgan fingerprint density at radius 1 is 1.00 bits per heavy atom. The van der Waals surface area contributed by atoms with E-state index in [1.54, 1.807) is 29.2 Å². The van der Waals surface area contributed by atoms with Gasteiger partial charge in [-0.15, -0.1) is 11.8 Å². The molecule has 0 aliphatic carbocycles. The van der Waals surface area contributed by atoms with E-state index >= 15 is 0 Å². The summed E-state index contributed by atoms with van der Waals surface area (Å²) in [5.41, 5.74) is 2.40. The standard InChI is InChI=1S/C22H28N2O3S/c1-4-24(5-2)22(26)17-11-13-19(14-12-17)23-21(25)16-28-15-18-9-7-8-10-20(18)27-6-3/h7-14H,4-6,15-16H2,1-3H3,(H,23,25). The van der Waals surface area contributed by atoms with Crippen LogP contribution in [0, 0.1) is 0 Å². The molecule has 0 spiro atoms. The first-order chi connectivity index (χ1) is 13.6. The highest BCUT2D eigenvalue weighted by atomic mass is 32.2. The van der Waals surface area contributed by atoms with Gasteiger partial charge in [0, 0.05) is 35.7 Å². The molecule has 0 bridgehead atoms. The van der Waals surface area contributed by atoms with Gasteiger partial charge < -0.3 is 15.0 Å². The third-order valence-corrected chi connectivity index (χ3v) is 5.21. The Morgan fingerprint density at radius 2 is 1.68 bits per heavy atom. The van der Waals surface area contributed by atoms with Crippen LogP contribution in [0.1, 0.15) is 36.7 Å².